The van der Waals surface area contributed by atoms with E-state index in [-0.39, 0.29) is 16.9 Å². The molecule has 0 aliphatic carbocycles. The van der Waals surface area contributed by atoms with Crippen molar-refractivity contribution in [3.8, 4) is 0 Å². The third-order valence-corrected chi connectivity index (χ3v) is 2.25. The predicted octanol–water partition coefficient (Wildman–Crippen LogP) is 2.89. The van der Waals surface area contributed by atoms with Gasteiger partial charge in [-0.2, -0.15) is 0 Å². The summed E-state index contributed by atoms with van der Waals surface area (Å²) >= 11 is 3.30. The molecule has 0 amide bonds. The van der Waals surface area contributed by atoms with Crippen molar-refractivity contribution in [2.75, 3.05) is 0 Å². The largest absolute Gasteiger partial charge is 0.462 e. The van der Waals surface area contributed by atoms with Gasteiger partial charge in [-0.25, -0.2) is 0 Å². The molecule has 0 fully saturated rings. The van der Waals surface area contributed by atoms with Gasteiger partial charge in [0, 0.05) is 0 Å². The maximum absolute atomic E-state index is 11.2. The smallest absolute Gasteiger partial charge is 0.319 e. The van der Waals surface area contributed by atoms with E-state index in [1.54, 1.807) is 0 Å². The predicted molar refractivity (Wildman–Crippen MR) is 53.5 cm³/mol. The average molecular weight is 237 g/mol. The normalized spacial score (nSPS) is 13.1. The fourth-order valence-corrected chi connectivity index (χ4v) is 1.24. The Balaban J connectivity index is 3.61. The molecule has 0 heterocycles. The lowest BCUT2D eigenvalue weighted by Gasteiger charge is -2.11. The molecule has 0 aromatic rings. The maximum Gasteiger partial charge on any atom is 0.319 e. The number of rotatable bonds is 5. The zero-order valence-electron chi connectivity index (χ0n) is 7.97. The van der Waals surface area contributed by atoms with E-state index < -0.39 is 0 Å². The second kappa shape index (κ2) is 6.46. The van der Waals surface area contributed by atoms with E-state index in [2.05, 4.69) is 22.9 Å². The van der Waals surface area contributed by atoms with Crippen molar-refractivity contribution in [3.63, 3.8) is 0 Å². The van der Waals surface area contributed by atoms with Gasteiger partial charge in [-0.05, 0) is 20.3 Å². The van der Waals surface area contributed by atoms with Crippen LogP contribution < -0.4 is 0 Å². The fourth-order valence-electron chi connectivity index (χ4n) is 0.807. The van der Waals surface area contributed by atoms with Crippen LogP contribution >= 0.6 is 15.9 Å². The molecule has 72 valence electrons. The van der Waals surface area contributed by atoms with Crippen LogP contribution in [0.5, 0.6) is 0 Å². The molecule has 0 saturated carbocycles. The summed E-state index contributed by atoms with van der Waals surface area (Å²) in [6.45, 7) is 5.82. The number of hydrogen-bond donors (Lipinski definition) is 0. The van der Waals surface area contributed by atoms with Crippen LogP contribution in [-0.4, -0.2) is 16.9 Å². The number of halogens is 1. The van der Waals surface area contributed by atoms with Crippen LogP contribution in [0.15, 0.2) is 0 Å². The number of alkyl halides is 1. The highest BCUT2D eigenvalue weighted by Gasteiger charge is 2.16. The van der Waals surface area contributed by atoms with Crippen LogP contribution in [0.1, 0.15) is 40.0 Å². The van der Waals surface area contributed by atoms with Crippen LogP contribution in [0.4, 0.5) is 0 Å². The van der Waals surface area contributed by atoms with E-state index in [0.29, 0.717) is 0 Å². The van der Waals surface area contributed by atoms with Gasteiger partial charge in [0.25, 0.3) is 0 Å². The van der Waals surface area contributed by atoms with E-state index in [1.165, 1.54) is 0 Å². The fraction of sp³-hybridized carbons (Fsp3) is 0.889. The Morgan fingerprint density at radius 3 is 2.50 bits per heavy atom. The second-order valence-electron chi connectivity index (χ2n) is 3.10. The Hall–Kier alpha value is -0.0500. The first-order chi connectivity index (χ1) is 5.57. The first-order valence-electron chi connectivity index (χ1n) is 4.42. The Kier molecular flexibility index (Phi) is 6.44. The Morgan fingerprint density at radius 2 is 2.08 bits per heavy atom. The Bertz CT molecular complexity index is 134. The molecule has 1 atom stereocenters. The zero-order chi connectivity index (χ0) is 9.56. The molecular formula is C9H17BrO2. The molecule has 0 rings (SSSR count). The molecule has 0 N–H and O–H groups in total. The standard InChI is InChI=1S/C9H17BrO2/c1-4-5-6-8(10)9(11)12-7(2)3/h7-8H,4-6H2,1-3H3/t8-/m1/s1. The van der Waals surface area contributed by atoms with Crippen molar-refractivity contribution in [3.05, 3.63) is 0 Å². The molecular weight excluding hydrogens is 220 g/mol. The molecule has 0 aromatic heterocycles. The number of unbranched alkanes of at least 4 members (excludes halogenated alkanes) is 1. The first kappa shape index (κ1) is 11.9. The summed E-state index contributed by atoms with van der Waals surface area (Å²) in [6.07, 6.45) is 3.02. The molecule has 0 unspecified atom stereocenters. The van der Waals surface area contributed by atoms with Gasteiger partial charge < -0.3 is 4.74 Å². The highest BCUT2D eigenvalue weighted by atomic mass is 79.9. The van der Waals surface area contributed by atoms with Crippen molar-refractivity contribution < 1.29 is 9.53 Å². The highest BCUT2D eigenvalue weighted by molar-refractivity contribution is 9.10. The molecule has 0 radical (unpaired) electrons. The Morgan fingerprint density at radius 1 is 1.50 bits per heavy atom. The van der Waals surface area contributed by atoms with Crippen molar-refractivity contribution >= 4 is 21.9 Å². The third kappa shape index (κ3) is 5.58. The molecule has 0 aliphatic rings. The zero-order valence-corrected chi connectivity index (χ0v) is 9.56. The molecule has 0 bridgehead atoms. The molecule has 0 aliphatic heterocycles. The van der Waals surface area contributed by atoms with Crippen molar-refractivity contribution in [1.29, 1.82) is 0 Å². The van der Waals surface area contributed by atoms with E-state index in [0.717, 1.165) is 19.3 Å². The van der Waals surface area contributed by atoms with E-state index in [9.17, 15) is 4.79 Å². The molecule has 0 saturated heterocycles. The minimum Gasteiger partial charge on any atom is -0.462 e. The lowest BCUT2D eigenvalue weighted by Crippen LogP contribution is -2.20. The molecule has 12 heavy (non-hydrogen) atoms. The van der Waals surface area contributed by atoms with Gasteiger partial charge in [0.05, 0.1) is 6.10 Å². The van der Waals surface area contributed by atoms with Gasteiger partial charge in [0.2, 0.25) is 0 Å². The van der Waals surface area contributed by atoms with E-state index >= 15 is 0 Å². The summed E-state index contributed by atoms with van der Waals surface area (Å²) in [5.41, 5.74) is 0. The summed E-state index contributed by atoms with van der Waals surface area (Å²) in [4.78, 5) is 11.1. The van der Waals surface area contributed by atoms with Gasteiger partial charge in [0.1, 0.15) is 4.83 Å². The summed E-state index contributed by atoms with van der Waals surface area (Å²) in [7, 11) is 0. The lowest BCUT2D eigenvalue weighted by atomic mass is 10.2. The number of esters is 1. The average Bonchev–Trinajstić information content (AvgIpc) is 1.98. The number of carbonyl (C=O) groups excluding carboxylic acids is 1. The van der Waals surface area contributed by atoms with E-state index in [1.807, 2.05) is 13.8 Å². The maximum atomic E-state index is 11.2. The van der Waals surface area contributed by atoms with Crippen LogP contribution in [0.2, 0.25) is 0 Å². The summed E-state index contributed by atoms with van der Waals surface area (Å²) < 4.78 is 5.02. The van der Waals surface area contributed by atoms with Crippen molar-refractivity contribution in [2.24, 2.45) is 0 Å². The van der Waals surface area contributed by atoms with Crippen LogP contribution in [-0.2, 0) is 9.53 Å². The van der Waals surface area contributed by atoms with Gasteiger partial charge in [-0.15, -0.1) is 0 Å². The SMILES string of the molecule is CCCC[C@@H](Br)C(=O)OC(C)C. The number of carbonyl (C=O) groups is 1. The van der Waals surface area contributed by atoms with E-state index in [4.69, 9.17) is 4.74 Å². The lowest BCUT2D eigenvalue weighted by molar-refractivity contribution is -0.146. The second-order valence-corrected chi connectivity index (χ2v) is 4.20. The molecule has 0 aromatic carbocycles. The molecule has 3 heteroatoms. The third-order valence-electron chi connectivity index (χ3n) is 1.42. The van der Waals surface area contributed by atoms with Crippen LogP contribution in [0.3, 0.4) is 0 Å². The quantitative estimate of drug-likeness (QED) is 0.542. The summed E-state index contributed by atoms with van der Waals surface area (Å²) in [6, 6.07) is 0. The molecule has 0 spiro atoms. The van der Waals surface area contributed by atoms with Crippen LogP contribution in [0.25, 0.3) is 0 Å². The van der Waals surface area contributed by atoms with Gasteiger partial charge in [-0.1, -0.05) is 35.7 Å². The van der Waals surface area contributed by atoms with Crippen LogP contribution in [0, 0.1) is 0 Å². The minimum atomic E-state index is -0.140. The number of hydrogen-bond acceptors (Lipinski definition) is 2. The molecule has 2 nitrogen and oxygen atoms in total. The minimum absolute atomic E-state index is 0.0147. The first-order valence-corrected chi connectivity index (χ1v) is 5.34. The monoisotopic (exact) mass is 236 g/mol. The number of ether oxygens (including phenoxy) is 1. The summed E-state index contributed by atoms with van der Waals surface area (Å²) in [5, 5.41) is 0. The highest BCUT2D eigenvalue weighted by Crippen LogP contribution is 2.12. The van der Waals surface area contributed by atoms with Crippen molar-refractivity contribution in [1.82, 2.24) is 0 Å². The van der Waals surface area contributed by atoms with Gasteiger partial charge >= 0.3 is 5.97 Å². The van der Waals surface area contributed by atoms with Crippen molar-refractivity contribution in [2.45, 2.75) is 51.0 Å². The van der Waals surface area contributed by atoms with Gasteiger partial charge in [0.15, 0.2) is 0 Å². The summed E-state index contributed by atoms with van der Waals surface area (Å²) in [5.74, 6) is -0.140. The van der Waals surface area contributed by atoms with Gasteiger partial charge in [-0.3, -0.25) is 4.79 Å². The Labute approximate surface area is 82.8 Å². The topological polar surface area (TPSA) is 26.3 Å².